The fraction of sp³-hybridized carbons (Fsp3) is 0.889. The molecule has 3 atom stereocenters. The van der Waals surface area contributed by atoms with E-state index < -0.39 is 0 Å². The van der Waals surface area contributed by atoms with Crippen LogP contribution in [-0.4, -0.2) is 36.9 Å². The van der Waals surface area contributed by atoms with Crippen molar-refractivity contribution in [3.63, 3.8) is 0 Å². The van der Waals surface area contributed by atoms with Gasteiger partial charge in [-0.2, -0.15) is 0 Å². The predicted octanol–water partition coefficient (Wildman–Crippen LogP) is -0.480. The quantitative estimate of drug-likeness (QED) is 0.624. The van der Waals surface area contributed by atoms with Gasteiger partial charge in [0.1, 0.15) is 0 Å². The molecule has 3 unspecified atom stereocenters. The van der Waals surface area contributed by atoms with E-state index in [1.807, 2.05) is 0 Å². The summed E-state index contributed by atoms with van der Waals surface area (Å²) in [6, 6.07) is 0. The number of rotatable bonds is 3. The average Bonchev–Trinajstić information content (AvgIpc) is 2.88. The number of ether oxygens (including phenoxy) is 1. The van der Waals surface area contributed by atoms with Crippen molar-refractivity contribution in [2.75, 3.05) is 19.8 Å². The van der Waals surface area contributed by atoms with Crippen molar-refractivity contribution < 1.29 is 14.6 Å². The summed E-state index contributed by atoms with van der Waals surface area (Å²) in [5.74, 6) is 0.562. The fourth-order valence-electron chi connectivity index (χ4n) is 2.09. The van der Waals surface area contributed by atoms with Gasteiger partial charge in [-0.05, 0) is 12.8 Å². The number of carbonyl (C=O) groups excluding carboxylic acids is 1. The van der Waals surface area contributed by atoms with E-state index in [1.54, 1.807) is 0 Å². The number of amides is 1. The molecule has 13 heavy (non-hydrogen) atoms. The van der Waals surface area contributed by atoms with Crippen LogP contribution in [0.25, 0.3) is 0 Å². The molecule has 0 aromatic rings. The number of aliphatic hydroxyl groups excluding tert-OH is 1. The molecular formula is C9H15NO3. The van der Waals surface area contributed by atoms with E-state index in [2.05, 4.69) is 5.32 Å². The number of aliphatic hydroxyl groups is 1. The van der Waals surface area contributed by atoms with Crippen molar-refractivity contribution in [1.29, 1.82) is 0 Å². The molecule has 1 saturated carbocycles. The van der Waals surface area contributed by atoms with Gasteiger partial charge in [0.15, 0.2) is 0 Å². The van der Waals surface area contributed by atoms with Gasteiger partial charge >= 0.3 is 0 Å². The first-order valence-electron chi connectivity index (χ1n) is 4.85. The second kappa shape index (κ2) is 3.64. The molecule has 0 aromatic carbocycles. The van der Waals surface area contributed by atoms with Crippen molar-refractivity contribution in [1.82, 2.24) is 5.32 Å². The van der Waals surface area contributed by atoms with Gasteiger partial charge < -0.3 is 15.2 Å². The van der Waals surface area contributed by atoms with Gasteiger partial charge in [-0.3, -0.25) is 4.79 Å². The number of carbonyl (C=O) groups is 1. The van der Waals surface area contributed by atoms with Crippen molar-refractivity contribution in [2.24, 2.45) is 11.8 Å². The summed E-state index contributed by atoms with van der Waals surface area (Å²) >= 11 is 0. The highest BCUT2D eigenvalue weighted by Gasteiger charge is 2.56. The average molecular weight is 185 g/mol. The minimum atomic E-state index is 0.00858. The van der Waals surface area contributed by atoms with Crippen LogP contribution in [0.4, 0.5) is 0 Å². The van der Waals surface area contributed by atoms with Crippen molar-refractivity contribution in [2.45, 2.75) is 18.9 Å². The van der Waals surface area contributed by atoms with Crippen molar-refractivity contribution in [3.05, 3.63) is 0 Å². The highest BCUT2D eigenvalue weighted by Crippen LogP contribution is 2.47. The Hall–Kier alpha value is -0.610. The van der Waals surface area contributed by atoms with E-state index in [4.69, 9.17) is 9.84 Å². The summed E-state index contributed by atoms with van der Waals surface area (Å²) in [5, 5.41) is 11.2. The van der Waals surface area contributed by atoms with Gasteiger partial charge in [0.25, 0.3) is 0 Å². The molecule has 2 rings (SSSR count). The maximum Gasteiger partial charge on any atom is 0.226 e. The number of fused-ring (bicyclic) bond motifs is 1. The molecule has 4 heteroatoms. The van der Waals surface area contributed by atoms with E-state index in [0.717, 1.165) is 19.4 Å². The van der Waals surface area contributed by atoms with E-state index in [-0.39, 0.29) is 24.5 Å². The Morgan fingerprint density at radius 3 is 3.08 bits per heavy atom. The van der Waals surface area contributed by atoms with Gasteiger partial charge in [0, 0.05) is 19.1 Å². The van der Waals surface area contributed by atoms with Crippen LogP contribution in [0.3, 0.4) is 0 Å². The van der Waals surface area contributed by atoms with E-state index in [0.29, 0.717) is 12.5 Å². The Balaban J connectivity index is 1.79. The van der Waals surface area contributed by atoms with Crippen LogP contribution in [0.1, 0.15) is 12.8 Å². The molecule has 4 nitrogen and oxygen atoms in total. The normalized spacial score (nSPS) is 36.5. The molecule has 0 spiro atoms. The van der Waals surface area contributed by atoms with E-state index in [1.165, 1.54) is 0 Å². The van der Waals surface area contributed by atoms with Crippen molar-refractivity contribution >= 4 is 5.91 Å². The lowest BCUT2D eigenvalue weighted by atomic mass is 10.2. The molecule has 1 heterocycles. The Kier molecular flexibility index (Phi) is 2.51. The Morgan fingerprint density at radius 1 is 1.62 bits per heavy atom. The van der Waals surface area contributed by atoms with Crippen LogP contribution < -0.4 is 5.32 Å². The minimum Gasteiger partial charge on any atom is -0.395 e. The predicted molar refractivity (Wildman–Crippen MR) is 46.0 cm³/mol. The van der Waals surface area contributed by atoms with Crippen LogP contribution in [0.15, 0.2) is 0 Å². The molecule has 0 radical (unpaired) electrons. The molecule has 1 aliphatic carbocycles. The molecule has 1 aliphatic heterocycles. The summed E-state index contributed by atoms with van der Waals surface area (Å²) in [7, 11) is 0. The molecular weight excluding hydrogens is 170 g/mol. The highest BCUT2D eigenvalue weighted by atomic mass is 16.5. The maximum absolute atomic E-state index is 11.4. The smallest absolute Gasteiger partial charge is 0.226 e. The third-order valence-corrected chi connectivity index (χ3v) is 2.80. The minimum absolute atomic E-state index is 0.00858. The fourth-order valence-corrected chi connectivity index (χ4v) is 2.09. The molecule has 1 amide bonds. The number of nitrogens with one attached hydrogen (secondary N) is 1. The summed E-state index contributed by atoms with van der Waals surface area (Å²) < 4.78 is 5.44. The van der Waals surface area contributed by atoms with Crippen LogP contribution in [0.2, 0.25) is 0 Å². The van der Waals surface area contributed by atoms with Crippen LogP contribution in [0.5, 0.6) is 0 Å². The van der Waals surface area contributed by atoms with Crippen LogP contribution in [0, 0.1) is 11.8 Å². The van der Waals surface area contributed by atoms with Crippen LogP contribution >= 0.6 is 0 Å². The second-order valence-corrected chi connectivity index (χ2v) is 3.68. The van der Waals surface area contributed by atoms with E-state index in [9.17, 15) is 4.79 Å². The summed E-state index contributed by atoms with van der Waals surface area (Å²) in [4.78, 5) is 11.4. The van der Waals surface area contributed by atoms with E-state index >= 15 is 0 Å². The lowest BCUT2D eigenvalue weighted by Crippen LogP contribution is -2.29. The third kappa shape index (κ3) is 1.69. The largest absolute Gasteiger partial charge is 0.395 e. The van der Waals surface area contributed by atoms with Gasteiger partial charge in [0.2, 0.25) is 5.91 Å². The first-order chi connectivity index (χ1) is 6.34. The molecule has 2 N–H and O–H groups in total. The number of hydrogen-bond acceptors (Lipinski definition) is 3. The lowest BCUT2D eigenvalue weighted by molar-refractivity contribution is -0.123. The standard InChI is InChI=1S/C9H15NO3/c11-4-3-10-9(12)7-6-2-1-5-13-8(6)7/h6-8,11H,1-5H2,(H,10,12). The molecule has 2 fully saturated rings. The zero-order valence-corrected chi connectivity index (χ0v) is 7.53. The summed E-state index contributed by atoms with van der Waals surface area (Å²) in [6.45, 7) is 1.16. The molecule has 1 saturated heterocycles. The molecule has 74 valence electrons. The second-order valence-electron chi connectivity index (χ2n) is 3.68. The van der Waals surface area contributed by atoms with Gasteiger partial charge in [-0.25, -0.2) is 0 Å². The van der Waals surface area contributed by atoms with Gasteiger partial charge in [-0.1, -0.05) is 0 Å². The van der Waals surface area contributed by atoms with Crippen LogP contribution in [-0.2, 0) is 9.53 Å². The summed E-state index contributed by atoms with van der Waals surface area (Å²) in [5.41, 5.74) is 0. The maximum atomic E-state index is 11.4. The Labute approximate surface area is 77.3 Å². The Bertz CT molecular complexity index is 195. The highest BCUT2D eigenvalue weighted by molar-refractivity contribution is 5.82. The number of hydrogen-bond donors (Lipinski definition) is 2. The first-order valence-corrected chi connectivity index (χ1v) is 4.85. The zero-order chi connectivity index (χ0) is 9.26. The Morgan fingerprint density at radius 2 is 2.46 bits per heavy atom. The van der Waals surface area contributed by atoms with Crippen molar-refractivity contribution in [3.8, 4) is 0 Å². The molecule has 2 aliphatic rings. The molecule has 0 bridgehead atoms. The topological polar surface area (TPSA) is 58.6 Å². The third-order valence-electron chi connectivity index (χ3n) is 2.80. The van der Waals surface area contributed by atoms with Gasteiger partial charge in [-0.15, -0.1) is 0 Å². The zero-order valence-electron chi connectivity index (χ0n) is 7.53. The lowest BCUT2D eigenvalue weighted by Gasteiger charge is -2.07. The molecule has 0 aromatic heterocycles. The SMILES string of the molecule is O=C(NCCO)C1C2CCCOC21. The van der Waals surface area contributed by atoms with Gasteiger partial charge in [0.05, 0.1) is 18.6 Å². The first kappa shape index (κ1) is 8.97. The summed E-state index contributed by atoms with van der Waals surface area (Å²) in [6.07, 6.45) is 2.36. The monoisotopic (exact) mass is 185 g/mol.